The summed E-state index contributed by atoms with van der Waals surface area (Å²) in [6.07, 6.45) is 1.24. The van der Waals surface area contributed by atoms with Gasteiger partial charge in [-0.15, -0.1) is 0 Å². The normalized spacial score (nSPS) is 11.1. The average Bonchev–Trinajstić information content (AvgIpc) is 2.07. The lowest BCUT2D eigenvalue weighted by molar-refractivity contribution is 1.07. The van der Waals surface area contributed by atoms with Gasteiger partial charge in [0.25, 0.3) is 0 Å². The molecule has 1 rings (SSSR count). The van der Waals surface area contributed by atoms with Crippen LogP contribution in [0, 0.1) is 0 Å². The fourth-order valence-corrected chi connectivity index (χ4v) is 1.77. The van der Waals surface area contributed by atoms with Gasteiger partial charge < -0.3 is 5.73 Å². The second-order valence-electron chi connectivity index (χ2n) is 2.43. The van der Waals surface area contributed by atoms with E-state index in [2.05, 4.69) is 31.2 Å². The van der Waals surface area contributed by atoms with Crippen LogP contribution in [0.5, 0.6) is 0 Å². The Morgan fingerprint density at radius 2 is 1.91 bits per heavy atom. The molecule has 2 heteroatoms. The van der Waals surface area contributed by atoms with Crippen molar-refractivity contribution in [2.45, 2.75) is 13.5 Å². The maximum Gasteiger partial charge on any atom is 0.0178 e. The van der Waals surface area contributed by atoms with Gasteiger partial charge in [0.15, 0.2) is 0 Å². The van der Waals surface area contributed by atoms with E-state index in [0.717, 1.165) is 8.58 Å². The van der Waals surface area contributed by atoms with Crippen LogP contribution in [0.15, 0.2) is 24.3 Å². The standard InChI is InChI=1S/C9H14NP/c1-2-11-9-5-3-8(7-10)4-6-9/h3-6,11H,2,7,10H2,1H3. The summed E-state index contributed by atoms with van der Waals surface area (Å²) in [7, 11) is 0.944. The lowest BCUT2D eigenvalue weighted by Gasteiger charge is -1.99. The van der Waals surface area contributed by atoms with E-state index in [1.165, 1.54) is 17.0 Å². The van der Waals surface area contributed by atoms with Crippen LogP contribution in [-0.4, -0.2) is 6.16 Å². The van der Waals surface area contributed by atoms with Crippen LogP contribution in [0.4, 0.5) is 0 Å². The predicted octanol–water partition coefficient (Wildman–Crippen LogP) is 1.47. The molecule has 0 aromatic heterocycles. The molecule has 1 aromatic carbocycles. The van der Waals surface area contributed by atoms with E-state index in [4.69, 9.17) is 5.73 Å². The number of benzene rings is 1. The van der Waals surface area contributed by atoms with Gasteiger partial charge in [0.05, 0.1) is 0 Å². The third-order valence-corrected chi connectivity index (χ3v) is 2.67. The number of hydrogen-bond donors (Lipinski definition) is 1. The summed E-state index contributed by atoms with van der Waals surface area (Å²) in [5.41, 5.74) is 6.69. The summed E-state index contributed by atoms with van der Waals surface area (Å²) in [6, 6.07) is 8.56. The maximum atomic E-state index is 5.48. The first-order valence-electron chi connectivity index (χ1n) is 3.89. The van der Waals surface area contributed by atoms with E-state index >= 15 is 0 Å². The molecule has 0 saturated carbocycles. The van der Waals surface area contributed by atoms with E-state index in [1.807, 2.05) is 0 Å². The lowest BCUT2D eigenvalue weighted by atomic mass is 10.2. The van der Waals surface area contributed by atoms with Gasteiger partial charge in [0.1, 0.15) is 0 Å². The number of nitrogens with two attached hydrogens (primary N) is 1. The van der Waals surface area contributed by atoms with Crippen LogP contribution >= 0.6 is 8.58 Å². The number of rotatable bonds is 3. The smallest absolute Gasteiger partial charge is 0.0178 e. The van der Waals surface area contributed by atoms with Crippen molar-refractivity contribution in [1.82, 2.24) is 0 Å². The molecular formula is C9H14NP. The molecule has 0 aliphatic carbocycles. The van der Waals surface area contributed by atoms with Crippen LogP contribution in [0.1, 0.15) is 12.5 Å². The van der Waals surface area contributed by atoms with Crippen molar-refractivity contribution in [2.24, 2.45) is 5.73 Å². The minimum atomic E-state index is 0.648. The van der Waals surface area contributed by atoms with Crippen molar-refractivity contribution in [1.29, 1.82) is 0 Å². The second kappa shape index (κ2) is 4.48. The summed E-state index contributed by atoms with van der Waals surface area (Å²) >= 11 is 0. The third kappa shape index (κ3) is 2.61. The first kappa shape index (κ1) is 8.70. The zero-order valence-corrected chi connectivity index (χ0v) is 7.80. The molecule has 0 heterocycles. The van der Waals surface area contributed by atoms with Gasteiger partial charge >= 0.3 is 0 Å². The van der Waals surface area contributed by atoms with E-state index < -0.39 is 0 Å². The van der Waals surface area contributed by atoms with Gasteiger partial charge in [-0.05, 0) is 17.0 Å². The molecule has 0 radical (unpaired) electrons. The molecule has 2 N–H and O–H groups in total. The molecule has 1 nitrogen and oxygen atoms in total. The zero-order valence-electron chi connectivity index (χ0n) is 6.80. The van der Waals surface area contributed by atoms with Crippen LogP contribution < -0.4 is 11.0 Å². The first-order chi connectivity index (χ1) is 5.36. The monoisotopic (exact) mass is 167 g/mol. The van der Waals surface area contributed by atoms with Crippen molar-refractivity contribution < 1.29 is 0 Å². The Hall–Kier alpha value is -0.390. The van der Waals surface area contributed by atoms with Crippen molar-refractivity contribution >= 4 is 13.9 Å². The highest BCUT2D eigenvalue weighted by Crippen LogP contribution is 2.08. The topological polar surface area (TPSA) is 26.0 Å². The van der Waals surface area contributed by atoms with Gasteiger partial charge in [-0.2, -0.15) is 0 Å². The zero-order chi connectivity index (χ0) is 8.10. The van der Waals surface area contributed by atoms with E-state index in [1.54, 1.807) is 0 Å². The minimum Gasteiger partial charge on any atom is -0.326 e. The molecule has 0 aliphatic rings. The maximum absolute atomic E-state index is 5.48. The summed E-state index contributed by atoms with van der Waals surface area (Å²) < 4.78 is 0. The highest BCUT2D eigenvalue weighted by atomic mass is 31.1. The number of hydrogen-bond acceptors (Lipinski definition) is 1. The molecule has 0 amide bonds. The molecular weight excluding hydrogens is 153 g/mol. The van der Waals surface area contributed by atoms with Crippen LogP contribution in [0.2, 0.25) is 0 Å². The quantitative estimate of drug-likeness (QED) is 0.678. The van der Waals surface area contributed by atoms with Gasteiger partial charge in [-0.3, -0.25) is 0 Å². The lowest BCUT2D eigenvalue weighted by Crippen LogP contribution is -1.99. The summed E-state index contributed by atoms with van der Waals surface area (Å²) in [6.45, 7) is 2.85. The van der Waals surface area contributed by atoms with Crippen molar-refractivity contribution in [3.8, 4) is 0 Å². The van der Waals surface area contributed by atoms with Crippen molar-refractivity contribution in [2.75, 3.05) is 6.16 Å². The van der Waals surface area contributed by atoms with Crippen molar-refractivity contribution in [3.05, 3.63) is 29.8 Å². The molecule has 0 saturated heterocycles. The Morgan fingerprint density at radius 1 is 1.27 bits per heavy atom. The van der Waals surface area contributed by atoms with Gasteiger partial charge in [0.2, 0.25) is 0 Å². The molecule has 11 heavy (non-hydrogen) atoms. The van der Waals surface area contributed by atoms with Crippen LogP contribution in [-0.2, 0) is 6.54 Å². The van der Waals surface area contributed by atoms with Gasteiger partial charge in [-0.1, -0.05) is 39.8 Å². The molecule has 60 valence electrons. The summed E-state index contributed by atoms with van der Waals surface area (Å²) in [5.74, 6) is 0. The Morgan fingerprint density at radius 3 is 2.36 bits per heavy atom. The second-order valence-corrected chi connectivity index (χ2v) is 4.07. The molecule has 0 aliphatic heterocycles. The fourth-order valence-electron chi connectivity index (χ4n) is 0.963. The molecule has 0 bridgehead atoms. The highest BCUT2D eigenvalue weighted by Gasteiger charge is 1.90. The highest BCUT2D eigenvalue weighted by molar-refractivity contribution is 7.47. The Bertz CT molecular complexity index is 205. The van der Waals surface area contributed by atoms with Crippen LogP contribution in [0.25, 0.3) is 0 Å². The minimum absolute atomic E-state index is 0.648. The SMILES string of the molecule is CCPc1ccc(CN)cc1. The summed E-state index contributed by atoms with van der Waals surface area (Å²) in [5, 5.41) is 1.43. The predicted molar refractivity (Wildman–Crippen MR) is 52.8 cm³/mol. The Kier molecular flexibility index (Phi) is 3.55. The molecule has 1 aromatic rings. The Labute approximate surface area is 69.8 Å². The molecule has 1 unspecified atom stereocenters. The summed E-state index contributed by atoms with van der Waals surface area (Å²) in [4.78, 5) is 0. The fraction of sp³-hybridized carbons (Fsp3) is 0.333. The van der Waals surface area contributed by atoms with Crippen LogP contribution in [0.3, 0.4) is 0 Å². The van der Waals surface area contributed by atoms with E-state index in [0.29, 0.717) is 6.54 Å². The molecule has 0 fully saturated rings. The van der Waals surface area contributed by atoms with Gasteiger partial charge in [-0.25, -0.2) is 0 Å². The first-order valence-corrected chi connectivity index (χ1v) is 5.10. The van der Waals surface area contributed by atoms with E-state index in [-0.39, 0.29) is 0 Å². The Balaban J connectivity index is 2.66. The van der Waals surface area contributed by atoms with Crippen molar-refractivity contribution in [3.63, 3.8) is 0 Å². The third-order valence-electron chi connectivity index (χ3n) is 1.57. The average molecular weight is 167 g/mol. The van der Waals surface area contributed by atoms with E-state index in [9.17, 15) is 0 Å². The molecule has 1 atom stereocenters. The van der Waals surface area contributed by atoms with Gasteiger partial charge in [0, 0.05) is 6.54 Å². The largest absolute Gasteiger partial charge is 0.326 e. The molecule has 0 spiro atoms.